The summed E-state index contributed by atoms with van der Waals surface area (Å²) in [5, 5.41) is 0. The number of hydrogen-bond acceptors (Lipinski definition) is 5. The van der Waals surface area contributed by atoms with Gasteiger partial charge in [-0.1, -0.05) is 34.9 Å². The Morgan fingerprint density at radius 1 is 0.962 bits per heavy atom. The van der Waals surface area contributed by atoms with Crippen LogP contribution in [-0.2, 0) is 23.7 Å². The van der Waals surface area contributed by atoms with Crippen molar-refractivity contribution >= 4 is 5.97 Å². The van der Waals surface area contributed by atoms with Crippen molar-refractivity contribution in [2.45, 2.75) is 66.3 Å². The fourth-order valence-corrected chi connectivity index (χ4v) is 2.43. The number of carbonyl (C=O) groups excluding carboxylic acids is 1. The Balaban J connectivity index is 2.84. The molecule has 0 radical (unpaired) electrons. The molecule has 0 amide bonds. The number of carbonyl (C=O) groups is 1. The van der Waals surface area contributed by atoms with Crippen LogP contribution in [0.5, 0.6) is 0 Å². The molecule has 0 aromatic heterocycles. The highest BCUT2D eigenvalue weighted by molar-refractivity contribution is 5.82. The van der Waals surface area contributed by atoms with Gasteiger partial charge in [0.2, 0.25) is 0 Å². The van der Waals surface area contributed by atoms with E-state index in [9.17, 15) is 4.79 Å². The predicted molar refractivity (Wildman–Crippen MR) is 103 cm³/mol. The lowest BCUT2D eigenvalue weighted by atomic mass is 9.97. The molecule has 26 heavy (non-hydrogen) atoms. The maximum absolute atomic E-state index is 12.5. The van der Waals surface area contributed by atoms with Gasteiger partial charge >= 0.3 is 5.97 Å². The van der Waals surface area contributed by atoms with Gasteiger partial charge in [-0.25, -0.2) is 4.79 Å². The summed E-state index contributed by atoms with van der Waals surface area (Å²) in [6, 6.07) is 0. The van der Waals surface area contributed by atoms with Gasteiger partial charge in [-0.05, 0) is 48.5 Å². The average molecular weight is 366 g/mol. The fraction of sp³-hybridized carbons (Fsp3) is 0.667. The Morgan fingerprint density at radius 3 is 2.08 bits per heavy atom. The Labute approximate surface area is 158 Å². The number of esters is 1. The van der Waals surface area contributed by atoms with E-state index in [1.807, 2.05) is 59.8 Å². The highest BCUT2D eigenvalue weighted by Gasteiger charge is 2.56. The minimum absolute atomic E-state index is 0.274. The van der Waals surface area contributed by atoms with Gasteiger partial charge in [-0.3, -0.25) is 0 Å². The summed E-state index contributed by atoms with van der Waals surface area (Å²) in [7, 11) is 0. The van der Waals surface area contributed by atoms with E-state index in [-0.39, 0.29) is 6.61 Å². The molecule has 1 heterocycles. The third-order valence-electron chi connectivity index (χ3n) is 4.08. The van der Waals surface area contributed by atoms with Crippen LogP contribution < -0.4 is 0 Å². The largest absolute Gasteiger partial charge is 0.455 e. The molecule has 0 aromatic carbocycles. The molecule has 5 nitrogen and oxygen atoms in total. The van der Waals surface area contributed by atoms with Gasteiger partial charge in [0.15, 0.2) is 11.7 Å². The summed E-state index contributed by atoms with van der Waals surface area (Å²) < 4.78 is 23.1. The van der Waals surface area contributed by atoms with E-state index in [4.69, 9.17) is 18.9 Å². The zero-order valence-electron chi connectivity index (χ0n) is 17.3. The van der Waals surface area contributed by atoms with Crippen molar-refractivity contribution in [1.29, 1.82) is 0 Å². The quantitative estimate of drug-likeness (QED) is 0.332. The molecule has 1 saturated heterocycles. The van der Waals surface area contributed by atoms with Crippen LogP contribution in [0, 0.1) is 0 Å². The molecule has 5 heteroatoms. The summed E-state index contributed by atoms with van der Waals surface area (Å²) in [6.07, 6.45) is 4.88. The Bertz CT molecular complexity index is 549. The van der Waals surface area contributed by atoms with E-state index in [0.717, 1.165) is 11.1 Å². The standard InChI is InChI=1S/C21H34O5/c1-15(2)8-11-23-14-18-19(24-12-9-16(3)4)21(7,20(22)26-18)25-13-10-17(5)6/h8-10,18-19H,11-14H2,1-7H3/t18-,19-,21-/m1/s1. The molecule has 1 aliphatic rings. The minimum atomic E-state index is -1.15. The SMILES string of the molecule is CC(C)=CCOC[C@H]1OC(=O)[C@](C)(OCC=C(C)C)[C@@H]1OCC=C(C)C. The Kier molecular flexibility index (Phi) is 9.27. The van der Waals surface area contributed by atoms with E-state index in [1.165, 1.54) is 5.57 Å². The van der Waals surface area contributed by atoms with Crippen molar-refractivity contribution in [2.75, 3.05) is 26.4 Å². The normalized spacial score (nSPS) is 24.8. The molecule has 0 bridgehead atoms. The average Bonchev–Trinajstić information content (AvgIpc) is 2.75. The molecule has 1 rings (SSSR count). The number of ether oxygens (including phenoxy) is 4. The van der Waals surface area contributed by atoms with E-state index in [0.29, 0.717) is 19.8 Å². The van der Waals surface area contributed by atoms with Crippen LogP contribution in [-0.4, -0.2) is 50.2 Å². The van der Waals surface area contributed by atoms with Crippen LogP contribution in [0.15, 0.2) is 34.9 Å². The zero-order chi connectivity index (χ0) is 19.7. The lowest BCUT2D eigenvalue weighted by Crippen LogP contribution is -2.48. The molecule has 0 saturated carbocycles. The van der Waals surface area contributed by atoms with Gasteiger partial charge < -0.3 is 18.9 Å². The van der Waals surface area contributed by atoms with Crippen LogP contribution in [0.25, 0.3) is 0 Å². The Morgan fingerprint density at radius 2 is 1.50 bits per heavy atom. The number of allylic oxidation sites excluding steroid dienone is 3. The van der Waals surface area contributed by atoms with Crippen molar-refractivity contribution < 1.29 is 23.7 Å². The molecule has 0 spiro atoms. The van der Waals surface area contributed by atoms with Gasteiger partial charge in [-0.2, -0.15) is 0 Å². The van der Waals surface area contributed by atoms with Gasteiger partial charge in [-0.15, -0.1) is 0 Å². The van der Waals surface area contributed by atoms with E-state index in [1.54, 1.807) is 6.92 Å². The lowest BCUT2D eigenvalue weighted by molar-refractivity contribution is -0.161. The van der Waals surface area contributed by atoms with Gasteiger partial charge in [0.25, 0.3) is 0 Å². The number of cyclic esters (lactones) is 1. The summed E-state index contributed by atoms with van der Waals surface area (Å²) >= 11 is 0. The molecule has 0 unspecified atom stereocenters. The second-order valence-corrected chi connectivity index (χ2v) is 7.50. The molecular formula is C21H34O5. The predicted octanol–water partition coefficient (Wildman–Crippen LogP) is 3.99. The first-order valence-corrected chi connectivity index (χ1v) is 9.11. The van der Waals surface area contributed by atoms with E-state index < -0.39 is 23.8 Å². The molecule has 0 aromatic rings. The molecule has 1 fully saturated rings. The van der Waals surface area contributed by atoms with Crippen molar-refractivity contribution in [3.8, 4) is 0 Å². The second kappa shape index (κ2) is 10.7. The van der Waals surface area contributed by atoms with Crippen LogP contribution in [0.3, 0.4) is 0 Å². The summed E-state index contributed by atoms with van der Waals surface area (Å²) in [4.78, 5) is 12.5. The fourth-order valence-electron chi connectivity index (χ4n) is 2.43. The van der Waals surface area contributed by atoms with E-state index in [2.05, 4.69) is 0 Å². The van der Waals surface area contributed by atoms with Crippen molar-refractivity contribution in [3.05, 3.63) is 34.9 Å². The first-order valence-electron chi connectivity index (χ1n) is 9.11. The second-order valence-electron chi connectivity index (χ2n) is 7.50. The third kappa shape index (κ3) is 7.06. The van der Waals surface area contributed by atoms with Crippen LogP contribution in [0.2, 0.25) is 0 Å². The minimum Gasteiger partial charge on any atom is -0.455 e. The van der Waals surface area contributed by atoms with Crippen molar-refractivity contribution in [3.63, 3.8) is 0 Å². The maximum atomic E-state index is 12.5. The molecule has 148 valence electrons. The van der Waals surface area contributed by atoms with Gasteiger partial charge in [0.1, 0.15) is 6.10 Å². The highest BCUT2D eigenvalue weighted by atomic mass is 16.6. The van der Waals surface area contributed by atoms with E-state index >= 15 is 0 Å². The van der Waals surface area contributed by atoms with Crippen molar-refractivity contribution in [2.24, 2.45) is 0 Å². The summed E-state index contributed by atoms with van der Waals surface area (Å²) in [6.45, 7) is 15.2. The first kappa shape index (κ1) is 22.6. The van der Waals surface area contributed by atoms with Crippen LogP contribution in [0.4, 0.5) is 0 Å². The topological polar surface area (TPSA) is 54.0 Å². The van der Waals surface area contributed by atoms with Crippen LogP contribution >= 0.6 is 0 Å². The zero-order valence-corrected chi connectivity index (χ0v) is 17.3. The lowest BCUT2D eigenvalue weighted by Gasteiger charge is -2.28. The highest BCUT2D eigenvalue weighted by Crippen LogP contribution is 2.32. The number of rotatable bonds is 10. The smallest absolute Gasteiger partial charge is 0.341 e. The molecule has 1 aliphatic heterocycles. The monoisotopic (exact) mass is 366 g/mol. The van der Waals surface area contributed by atoms with Gasteiger partial charge in [0, 0.05) is 0 Å². The van der Waals surface area contributed by atoms with Crippen molar-refractivity contribution in [1.82, 2.24) is 0 Å². The summed E-state index contributed by atoms with van der Waals surface area (Å²) in [5.74, 6) is -0.405. The Hall–Kier alpha value is -1.43. The third-order valence-corrected chi connectivity index (χ3v) is 4.08. The molecule has 3 atom stereocenters. The van der Waals surface area contributed by atoms with Crippen LogP contribution in [0.1, 0.15) is 48.5 Å². The first-order chi connectivity index (χ1) is 12.2. The maximum Gasteiger partial charge on any atom is 0.341 e. The molecule has 0 N–H and O–H groups in total. The van der Waals surface area contributed by atoms with Gasteiger partial charge in [0.05, 0.1) is 26.4 Å². The molecule has 0 aliphatic carbocycles. The molecular weight excluding hydrogens is 332 g/mol. The summed E-state index contributed by atoms with van der Waals surface area (Å²) in [5.41, 5.74) is 2.31. The number of hydrogen-bond donors (Lipinski definition) is 0.